The van der Waals surface area contributed by atoms with Crippen LogP contribution < -0.4 is 14.5 Å². The Kier molecular flexibility index (Phi) is 11.9. The summed E-state index contributed by atoms with van der Waals surface area (Å²) in [6, 6.07) is 11.6. The average Bonchev–Trinajstić information content (AvgIpc) is 2.94. The van der Waals surface area contributed by atoms with E-state index in [1.807, 2.05) is 36.4 Å². The Morgan fingerprint density at radius 1 is 0.923 bits per heavy atom. The van der Waals surface area contributed by atoms with Crippen molar-refractivity contribution in [1.82, 2.24) is 4.90 Å². The normalized spacial score (nSPS) is 16.2. The molecule has 2 heterocycles. The summed E-state index contributed by atoms with van der Waals surface area (Å²) in [5.41, 5.74) is 2.81. The van der Waals surface area contributed by atoms with Gasteiger partial charge in [0.15, 0.2) is 0 Å². The Bertz CT molecular complexity index is 1090. The van der Waals surface area contributed by atoms with Crippen LogP contribution in [0.1, 0.15) is 24.8 Å². The first-order chi connectivity index (χ1) is 19.0. The summed E-state index contributed by atoms with van der Waals surface area (Å²) in [6.45, 7) is 5.34. The Balaban J connectivity index is 1.21. The number of anilines is 2. The molecule has 0 aliphatic carbocycles. The van der Waals surface area contributed by atoms with Crippen LogP contribution in [0.15, 0.2) is 36.4 Å². The predicted molar refractivity (Wildman–Crippen MR) is 151 cm³/mol. The molecular formula is C26H34Cl2N3O7P. The number of fused-ring (bicyclic) bond motifs is 1. The number of piperazine rings is 1. The quantitative estimate of drug-likeness (QED) is 0.119. The molecule has 2 aliphatic heterocycles. The largest absolute Gasteiger partial charge is 0.494 e. The highest BCUT2D eigenvalue weighted by molar-refractivity contribution is 7.41. The lowest BCUT2D eigenvalue weighted by molar-refractivity contribution is -0.245. The van der Waals surface area contributed by atoms with Gasteiger partial charge in [0.2, 0.25) is 5.91 Å². The monoisotopic (exact) mass is 601 g/mol. The van der Waals surface area contributed by atoms with Crippen LogP contribution in [0.3, 0.4) is 0 Å². The predicted octanol–water partition coefficient (Wildman–Crippen LogP) is 5.61. The van der Waals surface area contributed by atoms with E-state index >= 15 is 0 Å². The van der Waals surface area contributed by atoms with Crippen molar-refractivity contribution in [1.29, 1.82) is 0 Å². The van der Waals surface area contributed by atoms with E-state index in [4.69, 9.17) is 41.8 Å². The number of rotatable bonds is 14. The molecule has 10 nitrogen and oxygen atoms in total. The lowest BCUT2D eigenvalue weighted by Crippen LogP contribution is -2.46. The number of unbranched alkanes of at least 4 members (excludes halogenated alkanes) is 1. The number of carbonyl (C=O) groups is 1. The lowest BCUT2D eigenvalue weighted by atomic mass is 10.0. The maximum absolute atomic E-state index is 12.6. The number of hydrogen-bond donors (Lipinski definition) is 0. The molecule has 2 aromatic carbocycles. The average molecular weight is 602 g/mol. The van der Waals surface area contributed by atoms with Crippen LogP contribution in [0, 0.1) is 0 Å². The van der Waals surface area contributed by atoms with Gasteiger partial charge in [0, 0.05) is 38.7 Å². The molecule has 1 saturated heterocycles. The van der Waals surface area contributed by atoms with Crippen molar-refractivity contribution < 1.29 is 33.2 Å². The zero-order valence-electron chi connectivity index (χ0n) is 22.1. The van der Waals surface area contributed by atoms with Crippen molar-refractivity contribution in [2.45, 2.75) is 25.7 Å². The number of halogens is 2. The molecular weight excluding hydrogens is 568 g/mol. The Labute approximate surface area is 240 Å². The summed E-state index contributed by atoms with van der Waals surface area (Å²) in [7, 11) is 0.744. The molecule has 2 aliphatic rings. The lowest BCUT2D eigenvalue weighted by Gasteiger charge is -2.36. The molecule has 4 rings (SSSR count). The highest BCUT2D eigenvalue weighted by Crippen LogP contribution is 2.41. The molecule has 13 heteroatoms. The van der Waals surface area contributed by atoms with Gasteiger partial charge in [-0.1, -0.05) is 35.3 Å². The third-order valence-corrected chi connectivity index (χ3v) is 8.28. The van der Waals surface area contributed by atoms with Gasteiger partial charge in [-0.3, -0.25) is 19.1 Å². The second kappa shape index (κ2) is 15.3. The molecule has 0 radical (unpaired) electrons. The molecule has 0 bridgehead atoms. The number of benzene rings is 2. The topological polar surface area (TPSA) is 82.2 Å². The number of ether oxygens (including phenoxy) is 1. The van der Waals surface area contributed by atoms with Gasteiger partial charge >= 0.3 is 8.60 Å². The first kappa shape index (κ1) is 30.2. The molecule has 0 saturated carbocycles. The van der Waals surface area contributed by atoms with Crippen molar-refractivity contribution in [2.75, 3.05) is 70.1 Å². The second-order valence-electron chi connectivity index (χ2n) is 9.03. The third-order valence-electron chi connectivity index (χ3n) is 6.60. The van der Waals surface area contributed by atoms with E-state index in [2.05, 4.69) is 19.6 Å². The van der Waals surface area contributed by atoms with Gasteiger partial charge in [0.25, 0.3) is 0 Å². The maximum atomic E-state index is 12.6. The smallest absolute Gasteiger partial charge is 0.393 e. The SMILES string of the molecule is COOP(OCN1C(=O)CCc2ccc(OCCCCN3CCN(c4cccc(Cl)c4Cl)CC3)cc21)OOC. The molecule has 1 fully saturated rings. The molecule has 39 heavy (non-hydrogen) atoms. The number of hydrogen-bond acceptors (Lipinski definition) is 9. The number of aryl methyl sites for hydroxylation is 1. The molecule has 0 N–H and O–H groups in total. The Morgan fingerprint density at radius 2 is 1.69 bits per heavy atom. The summed E-state index contributed by atoms with van der Waals surface area (Å²) in [4.78, 5) is 28.1. The summed E-state index contributed by atoms with van der Waals surface area (Å²) in [5.74, 6) is 0.658. The molecule has 0 unspecified atom stereocenters. The molecule has 0 atom stereocenters. The highest BCUT2D eigenvalue weighted by Gasteiger charge is 2.27. The second-order valence-corrected chi connectivity index (χ2v) is 10.8. The number of amides is 1. The van der Waals surface area contributed by atoms with Gasteiger partial charge < -0.3 is 9.64 Å². The first-order valence-electron chi connectivity index (χ1n) is 12.8. The molecule has 214 valence electrons. The summed E-state index contributed by atoms with van der Waals surface area (Å²) >= 11 is 12.6. The van der Waals surface area contributed by atoms with E-state index in [0.717, 1.165) is 62.5 Å². The summed E-state index contributed by atoms with van der Waals surface area (Å²) < 4.78 is 21.4. The van der Waals surface area contributed by atoms with E-state index in [0.29, 0.717) is 35.2 Å². The Morgan fingerprint density at radius 3 is 2.44 bits per heavy atom. The summed E-state index contributed by atoms with van der Waals surface area (Å²) in [5, 5.41) is 1.21. The van der Waals surface area contributed by atoms with Gasteiger partial charge in [-0.05, 0) is 49.6 Å². The molecule has 2 aromatic rings. The highest BCUT2D eigenvalue weighted by atomic mass is 35.5. The van der Waals surface area contributed by atoms with E-state index in [9.17, 15) is 4.79 Å². The third kappa shape index (κ3) is 8.39. The fourth-order valence-corrected chi connectivity index (χ4v) is 5.59. The zero-order chi connectivity index (χ0) is 27.6. The van der Waals surface area contributed by atoms with Crippen molar-refractivity contribution in [3.8, 4) is 5.75 Å². The number of nitrogens with zero attached hydrogens (tertiary/aromatic N) is 3. The first-order valence-corrected chi connectivity index (χ1v) is 14.7. The minimum atomic E-state index is -1.93. The standard InChI is InChI=1S/C26H34Cl2N3O7P/c1-33-37-39(38-34-2)36-19-31-24-18-21(10-8-20(24)9-11-25(31)32)35-17-4-3-12-29-13-15-30(16-14-29)23-7-5-6-22(27)26(23)28/h5-8,10,18H,3-4,9,11-17,19H2,1-2H3. The van der Waals surface area contributed by atoms with Crippen LogP contribution in [0.2, 0.25) is 10.0 Å². The van der Waals surface area contributed by atoms with Gasteiger partial charge in [-0.15, -0.1) is 0 Å². The van der Waals surface area contributed by atoms with Crippen LogP contribution in [0.5, 0.6) is 5.75 Å². The van der Waals surface area contributed by atoms with Crippen molar-refractivity contribution in [3.05, 3.63) is 52.0 Å². The van der Waals surface area contributed by atoms with Crippen LogP contribution in [-0.4, -0.2) is 71.1 Å². The van der Waals surface area contributed by atoms with E-state index < -0.39 is 8.60 Å². The van der Waals surface area contributed by atoms with E-state index in [1.54, 1.807) is 4.90 Å². The van der Waals surface area contributed by atoms with Crippen LogP contribution in [0.4, 0.5) is 11.4 Å². The number of carbonyl (C=O) groups excluding carboxylic acids is 1. The maximum Gasteiger partial charge on any atom is 0.393 e. The fourth-order valence-electron chi connectivity index (χ4n) is 4.61. The zero-order valence-corrected chi connectivity index (χ0v) is 24.6. The minimum Gasteiger partial charge on any atom is -0.494 e. The van der Waals surface area contributed by atoms with Gasteiger partial charge in [-0.2, -0.15) is 9.35 Å². The molecule has 0 spiro atoms. The fraction of sp³-hybridized carbons (Fsp3) is 0.500. The van der Waals surface area contributed by atoms with E-state index in [1.165, 1.54) is 14.2 Å². The van der Waals surface area contributed by atoms with Crippen molar-refractivity contribution in [2.24, 2.45) is 0 Å². The molecule has 1 amide bonds. The van der Waals surface area contributed by atoms with E-state index in [-0.39, 0.29) is 12.6 Å². The van der Waals surface area contributed by atoms with Crippen molar-refractivity contribution in [3.63, 3.8) is 0 Å². The van der Waals surface area contributed by atoms with Crippen molar-refractivity contribution >= 4 is 49.1 Å². The van der Waals surface area contributed by atoms with Gasteiger partial charge in [0.05, 0.1) is 42.2 Å². The Hall–Kier alpha value is -1.72. The van der Waals surface area contributed by atoms with Crippen LogP contribution in [0.25, 0.3) is 0 Å². The van der Waals surface area contributed by atoms with Gasteiger partial charge in [-0.25, -0.2) is 9.78 Å². The van der Waals surface area contributed by atoms with Gasteiger partial charge in [0.1, 0.15) is 12.5 Å². The minimum absolute atomic E-state index is 0.0536. The molecule has 0 aromatic heterocycles. The van der Waals surface area contributed by atoms with Crippen LogP contribution >= 0.6 is 31.8 Å². The summed E-state index contributed by atoms with van der Waals surface area (Å²) in [6.07, 6.45) is 3.02. The van der Waals surface area contributed by atoms with Crippen LogP contribution in [-0.2, 0) is 34.9 Å².